The van der Waals surface area contributed by atoms with Gasteiger partial charge in [-0.05, 0) is 6.07 Å². The third-order valence-electron chi connectivity index (χ3n) is 2.83. The number of aromatic nitrogens is 1. The lowest BCUT2D eigenvalue weighted by Crippen LogP contribution is -2.24. The quantitative estimate of drug-likeness (QED) is 0.794. The third-order valence-corrected chi connectivity index (χ3v) is 3.61. The minimum Gasteiger partial charge on any atom is -0.464 e. The fourth-order valence-electron chi connectivity index (χ4n) is 1.92. The number of fused-ring (bicyclic) bond motifs is 1. The number of benzene rings is 1. The van der Waals surface area contributed by atoms with Gasteiger partial charge in [-0.15, -0.1) is 11.3 Å². The van der Waals surface area contributed by atoms with E-state index in [1.54, 1.807) is 12.5 Å². The number of rotatable bonds is 4. The lowest BCUT2D eigenvalue weighted by molar-refractivity contribution is -0.120. The molecule has 0 fully saturated rings. The monoisotopic (exact) mass is 272 g/mol. The van der Waals surface area contributed by atoms with Crippen molar-refractivity contribution in [2.75, 3.05) is 0 Å². The van der Waals surface area contributed by atoms with Crippen LogP contribution in [0, 0.1) is 0 Å². The summed E-state index contributed by atoms with van der Waals surface area (Å²) in [6.45, 7) is 0.478. The Balaban J connectivity index is 1.66. The number of carbonyl (C=O) groups excluding carboxylic acids is 1. The van der Waals surface area contributed by atoms with Crippen LogP contribution in [0.15, 0.2) is 46.5 Å². The van der Waals surface area contributed by atoms with Crippen molar-refractivity contribution < 1.29 is 9.21 Å². The summed E-state index contributed by atoms with van der Waals surface area (Å²) >= 11 is 1.53. The van der Waals surface area contributed by atoms with Crippen LogP contribution >= 0.6 is 11.3 Å². The van der Waals surface area contributed by atoms with Crippen LogP contribution in [-0.4, -0.2) is 10.9 Å². The number of para-hydroxylation sites is 1. The Morgan fingerprint density at radius 2 is 2.26 bits per heavy atom. The summed E-state index contributed by atoms with van der Waals surface area (Å²) in [5.74, 6) is -0.0262. The Morgan fingerprint density at radius 3 is 3.11 bits per heavy atom. The summed E-state index contributed by atoms with van der Waals surface area (Å²) < 4.78 is 5.41. The fourth-order valence-corrected chi connectivity index (χ4v) is 2.48. The summed E-state index contributed by atoms with van der Waals surface area (Å²) in [4.78, 5) is 16.0. The van der Waals surface area contributed by atoms with Crippen molar-refractivity contribution in [2.24, 2.45) is 0 Å². The van der Waals surface area contributed by atoms with E-state index < -0.39 is 0 Å². The molecule has 0 bridgehead atoms. The highest BCUT2D eigenvalue weighted by molar-refractivity contribution is 7.09. The van der Waals surface area contributed by atoms with Gasteiger partial charge in [-0.1, -0.05) is 18.2 Å². The standard InChI is InChI=1S/C14H12N2O2S/c17-13(16-8-14-15-5-6-19-14)7-10-9-18-12-4-2-1-3-11(10)12/h1-6,9H,7-8H2,(H,16,17). The topological polar surface area (TPSA) is 55.1 Å². The molecular formula is C14H12N2O2S. The van der Waals surface area contributed by atoms with E-state index in [4.69, 9.17) is 4.42 Å². The van der Waals surface area contributed by atoms with Crippen molar-refractivity contribution in [1.29, 1.82) is 0 Å². The molecule has 2 heterocycles. The summed E-state index contributed by atoms with van der Waals surface area (Å²) in [5.41, 5.74) is 1.72. The Kier molecular flexibility index (Phi) is 3.29. The van der Waals surface area contributed by atoms with Crippen LogP contribution in [0.3, 0.4) is 0 Å². The Morgan fingerprint density at radius 1 is 1.37 bits per heavy atom. The molecule has 0 spiro atoms. The van der Waals surface area contributed by atoms with Gasteiger partial charge in [0, 0.05) is 22.5 Å². The smallest absolute Gasteiger partial charge is 0.224 e. The van der Waals surface area contributed by atoms with Gasteiger partial charge in [0.15, 0.2) is 0 Å². The number of thiazole rings is 1. The Labute approximate surface area is 114 Å². The highest BCUT2D eigenvalue weighted by Gasteiger charge is 2.10. The van der Waals surface area contributed by atoms with Crippen LogP contribution in [-0.2, 0) is 17.8 Å². The zero-order chi connectivity index (χ0) is 13.1. The number of nitrogens with one attached hydrogen (secondary N) is 1. The van der Waals surface area contributed by atoms with E-state index in [2.05, 4.69) is 10.3 Å². The summed E-state index contributed by atoms with van der Waals surface area (Å²) in [7, 11) is 0. The van der Waals surface area contributed by atoms with Gasteiger partial charge < -0.3 is 9.73 Å². The van der Waals surface area contributed by atoms with Crippen molar-refractivity contribution in [3.05, 3.63) is 52.7 Å². The lowest BCUT2D eigenvalue weighted by atomic mass is 10.1. The highest BCUT2D eigenvalue weighted by Crippen LogP contribution is 2.20. The first-order chi connectivity index (χ1) is 9.33. The number of hydrogen-bond acceptors (Lipinski definition) is 4. The predicted molar refractivity (Wildman–Crippen MR) is 73.9 cm³/mol. The van der Waals surface area contributed by atoms with Crippen LogP contribution in [0.25, 0.3) is 11.0 Å². The molecule has 0 saturated carbocycles. The summed E-state index contributed by atoms with van der Waals surface area (Å²) in [6.07, 6.45) is 3.70. The molecule has 0 unspecified atom stereocenters. The molecule has 0 aliphatic heterocycles. The van der Waals surface area contributed by atoms with Gasteiger partial charge >= 0.3 is 0 Å². The number of carbonyl (C=O) groups is 1. The van der Waals surface area contributed by atoms with Crippen LogP contribution < -0.4 is 5.32 Å². The van der Waals surface area contributed by atoms with E-state index in [1.807, 2.05) is 29.6 Å². The molecule has 1 amide bonds. The Hall–Kier alpha value is -2.14. The minimum atomic E-state index is -0.0262. The number of furan rings is 1. The SMILES string of the molecule is O=C(Cc1coc2ccccc12)NCc1nccs1. The van der Waals surface area contributed by atoms with Crippen molar-refractivity contribution in [2.45, 2.75) is 13.0 Å². The van der Waals surface area contributed by atoms with Gasteiger partial charge in [0.25, 0.3) is 0 Å². The first-order valence-electron chi connectivity index (χ1n) is 5.93. The second kappa shape index (κ2) is 5.24. The maximum atomic E-state index is 11.9. The molecule has 0 aliphatic rings. The Bertz CT molecular complexity index is 688. The van der Waals surface area contributed by atoms with E-state index in [9.17, 15) is 4.79 Å². The van der Waals surface area contributed by atoms with Crippen LogP contribution in [0.5, 0.6) is 0 Å². The molecule has 2 aromatic heterocycles. The van der Waals surface area contributed by atoms with Crippen molar-refractivity contribution >= 4 is 28.2 Å². The molecule has 3 rings (SSSR count). The predicted octanol–water partition coefficient (Wildman–Crippen LogP) is 2.75. The third kappa shape index (κ3) is 2.66. The largest absolute Gasteiger partial charge is 0.464 e. The fraction of sp³-hybridized carbons (Fsp3) is 0.143. The molecule has 1 N–H and O–H groups in total. The molecule has 96 valence electrons. The van der Waals surface area contributed by atoms with E-state index >= 15 is 0 Å². The maximum absolute atomic E-state index is 11.9. The van der Waals surface area contributed by atoms with Crippen LogP contribution in [0.1, 0.15) is 10.6 Å². The maximum Gasteiger partial charge on any atom is 0.224 e. The van der Waals surface area contributed by atoms with Gasteiger partial charge in [0.2, 0.25) is 5.91 Å². The van der Waals surface area contributed by atoms with E-state index in [0.29, 0.717) is 13.0 Å². The molecule has 1 aromatic carbocycles. The van der Waals surface area contributed by atoms with Crippen molar-refractivity contribution in [3.63, 3.8) is 0 Å². The zero-order valence-corrected chi connectivity index (χ0v) is 10.9. The van der Waals surface area contributed by atoms with Gasteiger partial charge in [-0.3, -0.25) is 4.79 Å². The van der Waals surface area contributed by atoms with E-state index in [1.165, 1.54) is 11.3 Å². The average Bonchev–Trinajstić information content (AvgIpc) is 3.07. The molecule has 0 atom stereocenters. The molecule has 0 aliphatic carbocycles. The second-order valence-electron chi connectivity index (χ2n) is 4.14. The lowest BCUT2D eigenvalue weighted by Gasteiger charge is -2.01. The number of hydrogen-bond donors (Lipinski definition) is 1. The first-order valence-corrected chi connectivity index (χ1v) is 6.81. The molecule has 19 heavy (non-hydrogen) atoms. The number of amides is 1. The molecule has 5 heteroatoms. The summed E-state index contributed by atoms with van der Waals surface area (Å²) in [5, 5.41) is 6.65. The molecule has 4 nitrogen and oxygen atoms in total. The second-order valence-corrected chi connectivity index (χ2v) is 5.12. The molecule has 3 aromatic rings. The minimum absolute atomic E-state index is 0.0262. The van der Waals surface area contributed by atoms with Gasteiger partial charge in [0.1, 0.15) is 10.6 Å². The molecule has 0 radical (unpaired) electrons. The van der Waals surface area contributed by atoms with E-state index in [0.717, 1.165) is 21.5 Å². The zero-order valence-electron chi connectivity index (χ0n) is 10.1. The van der Waals surface area contributed by atoms with Gasteiger partial charge in [0.05, 0.1) is 19.2 Å². The number of nitrogens with zero attached hydrogens (tertiary/aromatic N) is 1. The van der Waals surface area contributed by atoms with Crippen LogP contribution in [0.2, 0.25) is 0 Å². The first kappa shape index (κ1) is 11.9. The van der Waals surface area contributed by atoms with Crippen LogP contribution in [0.4, 0.5) is 0 Å². The van der Waals surface area contributed by atoms with Gasteiger partial charge in [-0.2, -0.15) is 0 Å². The van der Waals surface area contributed by atoms with Crippen molar-refractivity contribution in [3.8, 4) is 0 Å². The normalized spacial score (nSPS) is 10.7. The van der Waals surface area contributed by atoms with E-state index in [-0.39, 0.29) is 5.91 Å². The molecule has 0 saturated heterocycles. The molecular weight excluding hydrogens is 260 g/mol. The average molecular weight is 272 g/mol. The van der Waals surface area contributed by atoms with Crippen molar-refractivity contribution in [1.82, 2.24) is 10.3 Å². The van der Waals surface area contributed by atoms with Gasteiger partial charge in [-0.25, -0.2) is 4.98 Å². The summed E-state index contributed by atoms with van der Waals surface area (Å²) in [6, 6.07) is 7.71. The highest BCUT2D eigenvalue weighted by atomic mass is 32.1.